The summed E-state index contributed by atoms with van der Waals surface area (Å²) in [6.07, 6.45) is 0. The van der Waals surface area contributed by atoms with Crippen molar-refractivity contribution in [3.05, 3.63) is 0 Å². The first-order chi connectivity index (χ1) is 4.24. The number of rotatable bonds is 0. The van der Waals surface area contributed by atoms with Gasteiger partial charge in [0.1, 0.15) is 0 Å². The Balaban J connectivity index is -0.0000000257. The Kier molecular flexibility index (Phi) is 127. The third-order valence-electron chi connectivity index (χ3n) is 0. The van der Waals surface area contributed by atoms with E-state index in [4.69, 9.17) is 23.9 Å². The molecule has 48 valence electrons. The standard InChI is InChI=1S/3Al.B.6O/q;;;+3;;;;3*-1. The van der Waals surface area contributed by atoms with E-state index in [1.807, 2.05) is 0 Å². The molecule has 0 fully saturated rings. The second-order valence-corrected chi connectivity index (χ2v) is 0.866. The molecule has 0 rings (SSSR count). The summed E-state index contributed by atoms with van der Waals surface area (Å²) >= 11 is -5.25. The van der Waals surface area contributed by atoms with Crippen molar-refractivity contribution in [3.63, 3.8) is 0 Å². The SMILES string of the molecule is [B+3].[O]=[Al][O-].[O]=[Al][O-].[O]=[Al][O-]. The fraction of sp³-hybridized carbons (Fsp3) is 0. The molecular weight excluding hydrogens is 188 g/mol. The van der Waals surface area contributed by atoms with Gasteiger partial charge in [-0.2, -0.15) is 0 Å². The van der Waals surface area contributed by atoms with Gasteiger partial charge < -0.3 is 0 Å². The van der Waals surface area contributed by atoms with Crippen LogP contribution in [0.4, 0.5) is 0 Å². The Morgan fingerprint density at radius 1 is 0.700 bits per heavy atom. The third-order valence-corrected chi connectivity index (χ3v) is 0. The van der Waals surface area contributed by atoms with E-state index < -0.39 is 46.5 Å². The topological polar surface area (TPSA) is 120 Å². The van der Waals surface area contributed by atoms with E-state index in [9.17, 15) is 0 Å². The summed E-state index contributed by atoms with van der Waals surface area (Å²) in [5.41, 5.74) is 0. The molecule has 0 amide bonds. The summed E-state index contributed by atoms with van der Waals surface area (Å²) in [5.74, 6) is 0. The molecular formula is Al3BO6. The van der Waals surface area contributed by atoms with Crippen molar-refractivity contribution in [1.29, 1.82) is 0 Å². The van der Waals surface area contributed by atoms with Crippen LogP contribution >= 0.6 is 0 Å². The first-order valence-corrected chi connectivity index (χ1v) is 4.24. The van der Waals surface area contributed by atoms with Gasteiger partial charge in [0, 0.05) is 0 Å². The van der Waals surface area contributed by atoms with Crippen LogP contribution in [-0.2, 0) is 11.4 Å². The molecule has 10 heteroatoms. The Bertz CT molecular complexity index is 49.7. The minimum absolute atomic E-state index is 0. The van der Waals surface area contributed by atoms with Crippen molar-refractivity contribution < 1.29 is 23.9 Å². The van der Waals surface area contributed by atoms with E-state index >= 15 is 0 Å². The molecule has 6 nitrogen and oxygen atoms in total. The fourth-order valence-electron chi connectivity index (χ4n) is 0. The van der Waals surface area contributed by atoms with Gasteiger partial charge in [0.2, 0.25) is 0 Å². The summed E-state index contributed by atoms with van der Waals surface area (Å²) in [4.78, 5) is 0. The molecule has 0 bridgehead atoms. The second kappa shape index (κ2) is 56.5. The van der Waals surface area contributed by atoms with Crippen LogP contribution in [0.15, 0.2) is 0 Å². The predicted octanol–water partition coefficient (Wildman–Crippen LogP) is -5.45. The number of hydrogen-bond acceptors (Lipinski definition) is 6. The van der Waals surface area contributed by atoms with Crippen LogP contribution in [-0.4, -0.2) is 54.9 Å². The molecule has 0 aliphatic rings. The van der Waals surface area contributed by atoms with E-state index in [2.05, 4.69) is 0 Å². The first kappa shape index (κ1) is 22.4. The first-order valence-electron chi connectivity index (χ1n) is 1.41. The molecule has 0 saturated carbocycles. The monoisotopic (exact) mass is 188 g/mol. The van der Waals surface area contributed by atoms with Gasteiger partial charge in [-0.15, -0.1) is 0 Å². The third kappa shape index (κ3) is 2200. The van der Waals surface area contributed by atoms with Gasteiger partial charge in [0.15, 0.2) is 0 Å². The summed E-state index contributed by atoms with van der Waals surface area (Å²) in [6, 6.07) is 0. The van der Waals surface area contributed by atoms with Crippen LogP contribution in [0, 0.1) is 0 Å². The Labute approximate surface area is 78.6 Å². The zero-order valence-corrected chi connectivity index (χ0v) is 8.22. The van der Waals surface area contributed by atoms with Crippen molar-refractivity contribution in [3.8, 4) is 0 Å². The van der Waals surface area contributed by atoms with E-state index in [0.29, 0.717) is 0 Å². The van der Waals surface area contributed by atoms with Gasteiger partial charge >= 0.3 is 78.8 Å². The van der Waals surface area contributed by atoms with Crippen LogP contribution in [0.25, 0.3) is 0 Å². The molecule has 0 unspecified atom stereocenters. The van der Waals surface area contributed by atoms with E-state index in [0.717, 1.165) is 0 Å². The minimum atomic E-state index is -1.75. The van der Waals surface area contributed by atoms with Gasteiger partial charge in [-0.05, 0) is 0 Å². The molecule has 0 aliphatic heterocycles. The number of hydrogen-bond donors (Lipinski definition) is 0. The average Bonchev–Trinajstić information content (AvgIpc) is 1.70. The van der Waals surface area contributed by atoms with Crippen LogP contribution < -0.4 is 12.5 Å². The molecule has 0 aromatic heterocycles. The Morgan fingerprint density at radius 2 is 0.700 bits per heavy atom. The molecule has 10 heavy (non-hydrogen) atoms. The van der Waals surface area contributed by atoms with Crippen LogP contribution in [0.1, 0.15) is 0 Å². The zero-order chi connectivity index (χ0) is 8.12. The molecule has 0 aromatic carbocycles. The zero-order valence-electron chi connectivity index (χ0n) is 4.76. The fourth-order valence-corrected chi connectivity index (χ4v) is 0. The second-order valence-electron chi connectivity index (χ2n) is 0.289. The molecule has 0 aromatic rings. The maximum absolute atomic E-state index is 8.46. The van der Waals surface area contributed by atoms with Crippen molar-refractivity contribution in [1.82, 2.24) is 0 Å². The van der Waals surface area contributed by atoms with Crippen LogP contribution in [0.2, 0.25) is 0 Å². The van der Waals surface area contributed by atoms with Crippen molar-refractivity contribution >= 4 is 54.9 Å². The van der Waals surface area contributed by atoms with Crippen LogP contribution in [0.3, 0.4) is 0 Å². The summed E-state index contributed by atoms with van der Waals surface area (Å²) in [6.45, 7) is 0. The van der Waals surface area contributed by atoms with Crippen LogP contribution in [0.5, 0.6) is 0 Å². The Hall–Kier alpha value is 0.462. The maximum atomic E-state index is 8.46. The van der Waals surface area contributed by atoms with Gasteiger partial charge in [0.25, 0.3) is 0 Å². The van der Waals surface area contributed by atoms with Gasteiger partial charge in [0.05, 0.1) is 0 Å². The van der Waals surface area contributed by atoms with Crippen molar-refractivity contribution in [2.75, 3.05) is 0 Å². The quantitative estimate of drug-likeness (QED) is 0.349. The van der Waals surface area contributed by atoms with Gasteiger partial charge in [-0.1, -0.05) is 0 Å². The molecule has 0 atom stereocenters. The van der Waals surface area contributed by atoms with E-state index in [1.54, 1.807) is 0 Å². The molecule has 0 saturated heterocycles. The predicted molar refractivity (Wildman–Crippen MR) is 25.1 cm³/mol. The van der Waals surface area contributed by atoms with Crippen molar-refractivity contribution in [2.45, 2.75) is 0 Å². The van der Waals surface area contributed by atoms with E-state index in [1.165, 1.54) is 0 Å². The Morgan fingerprint density at radius 3 is 0.700 bits per heavy atom. The summed E-state index contributed by atoms with van der Waals surface area (Å²) < 4.78 is 50.8. The molecule has 0 heterocycles. The normalized spacial score (nSPS) is 2.40. The molecule has 0 radical (unpaired) electrons. The molecule has 0 spiro atoms. The van der Waals surface area contributed by atoms with Gasteiger partial charge in [-0.3, -0.25) is 0 Å². The summed E-state index contributed by atoms with van der Waals surface area (Å²) in [7, 11) is 0. The average molecular weight is 188 g/mol. The van der Waals surface area contributed by atoms with E-state index in [-0.39, 0.29) is 8.41 Å². The summed E-state index contributed by atoms with van der Waals surface area (Å²) in [5, 5.41) is 0. The molecule has 0 aliphatic carbocycles. The molecule has 0 N–H and O–H groups in total. The van der Waals surface area contributed by atoms with Gasteiger partial charge in [-0.25, -0.2) is 0 Å². The van der Waals surface area contributed by atoms with Crippen molar-refractivity contribution in [2.24, 2.45) is 0 Å².